The molecule has 0 spiro atoms. The van der Waals surface area contributed by atoms with Gasteiger partial charge in [0, 0.05) is 10.7 Å². The van der Waals surface area contributed by atoms with Crippen LogP contribution >= 0.6 is 15.9 Å². The fourth-order valence-electron chi connectivity index (χ4n) is 2.18. The fourth-order valence-corrected chi connectivity index (χ4v) is 2.62. The molecule has 0 atom stereocenters. The Morgan fingerprint density at radius 2 is 2.05 bits per heavy atom. The summed E-state index contributed by atoms with van der Waals surface area (Å²) in [5.41, 5.74) is 8.87. The van der Waals surface area contributed by atoms with Crippen LogP contribution in [0, 0.1) is 0 Å². The maximum absolute atomic E-state index is 5.92. The Morgan fingerprint density at radius 1 is 1.30 bits per heavy atom. The number of H-pyrrole nitrogens is 1. The quantitative estimate of drug-likeness (QED) is 0.773. The summed E-state index contributed by atoms with van der Waals surface area (Å²) in [7, 11) is 1.66. The first-order valence-electron chi connectivity index (χ1n) is 6.09. The molecule has 0 fully saturated rings. The average Bonchev–Trinajstić information content (AvgIpc) is 2.84. The zero-order valence-electron chi connectivity index (χ0n) is 10.9. The van der Waals surface area contributed by atoms with Gasteiger partial charge in [-0.2, -0.15) is 5.10 Å². The van der Waals surface area contributed by atoms with E-state index < -0.39 is 0 Å². The summed E-state index contributed by atoms with van der Waals surface area (Å²) < 4.78 is 6.09. The largest absolute Gasteiger partial charge is 0.497 e. The first-order chi connectivity index (χ1) is 9.69. The molecule has 3 aromatic rings. The lowest BCUT2D eigenvalue weighted by Gasteiger charge is -2.07. The summed E-state index contributed by atoms with van der Waals surface area (Å²) >= 11 is 3.54. The number of aromatic nitrogens is 3. The van der Waals surface area contributed by atoms with Crippen LogP contribution in [0.3, 0.4) is 0 Å². The van der Waals surface area contributed by atoms with E-state index in [4.69, 9.17) is 10.5 Å². The number of hydrogen-bond donors (Lipinski definition) is 2. The van der Waals surface area contributed by atoms with E-state index in [1.807, 2.05) is 24.3 Å². The molecule has 0 radical (unpaired) electrons. The van der Waals surface area contributed by atoms with Crippen LogP contribution in [-0.2, 0) is 6.42 Å². The predicted octanol–water partition coefficient (Wildman–Crippen LogP) is 2.90. The summed E-state index contributed by atoms with van der Waals surface area (Å²) in [6.45, 7) is 0. The molecule has 2 heterocycles. The van der Waals surface area contributed by atoms with Gasteiger partial charge in [-0.25, -0.2) is 4.98 Å². The minimum absolute atomic E-state index is 0.470. The summed E-state index contributed by atoms with van der Waals surface area (Å²) in [5, 5.41) is 7.72. The summed E-state index contributed by atoms with van der Waals surface area (Å²) in [6, 6.07) is 7.96. The number of nitrogen functional groups attached to an aromatic ring is 1. The monoisotopic (exact) mass is 332 g/mol. The van der Waals surface area contributed by atoms with Gasteiger partial charge in [0.25, 0.3) is 0 Å². The minimum atomic E-state index is 0.470. The van der Waals surface area contributed by atoms with Crippen molar-refractivity contribution < 1.29 is 4.74 Å². The van der Waals surface area contributed by atoms with Gasteiger partial charge in [0.05, 0.1) is 12.5 Å². The van der Waals surface area contributed by atoms with Crippen LogP contribution in [-0.4, -0.2) is 22.3 Å². The maximum atomic E-state index is 5.92. The van der Waals surface area contributed by atoms with Crippen molar-refractivity contribution in [1.82, 2.24) is 15.2 Å². The van der Waals surface area contributed by atoms with Gasteiger partial charge >= 0.3 is 0 Å². The number of fused-ring (bicyclic) bond motifs is 1. The van der Waals surface area contributed by atoms with Crippen molar-refractivity contribution in [2.45, 2.75) is 6.42 Å². The van der Waals surface area contributed by atoms with Gasteiger partial charge in [-0.3, -0.25) is 5.10 Å². The molecule has 2 aromatic heterocycles. The molecule has 0 unspecified atom stereocenters. The van der Waals surface area contributed by atoms with E-state index in [0.29, 0.717) is 11.5 Å². The second kappa shape index (κ2) is 5.13. The van der Waals surface area contributed by atoms with Gasteiger partial charge in [-0.15, -0.1) is 0 Å². The smallest absolute Gasteiger partial charge is 0.157 e. The van der Waals surface area contributed by atoms with Crippen LogP contribution in [0.2, 0.25) is 0 Å². The molecule has 0 aliphatic rings. The number of anilines is 1. The number of nitrogens with two attached hydrogens (primary N) is 1. The number of nitrogens with one attached hydrogen (secondary N) is 1. The molecule has 0 bridgehead atoms. The topological polar surface area (TPSA) is 76.8 Å². The molecule has 20 heavy (non-hydrogen) atoms. The molecular formula is C14H13BrN4O. The number of benzene rings is 1. The van der Waals surface area contributed by atoms with Gasteiger partial charge in [-0.1, -0.05) is 12.1 Å². The van der Waals surface area contributed by atoms with E-state index in [9.17, 15) is 0 Å². The molecule has 3 rings (SSSR count). The third kappa shape index (κ3) is 2.22. The zero-order valence-corrected chi connectivity index (χ0v) is 12.4. The Labute approximate surface area is 124 Å². The van der Waals surface area contributed by atoms with Gasteiger partial charge in [0.2, 0.25) is 0 Å². The minimum Gasteiger partial charge on any atom is -0.497 e. The van der Waals surface area contributed by atoms with Crippen LogP contribution in [0.25, 0.3) is 11.0 Å². The number of nitrogens with zero attached hydrogens (tertiary/aromatic N) is 2. The number of hydrogen-bond acceptors (Lipinski definition) is 4. The Hall–Kier alpha value is -2.08. The second-order valence-corrected chi connectivity index (χ2v) is 5.30. The van der Waals surface area contributed by atoms with Crippen LogP contribution in [0.1, 0.15) is 11.1 Å². The lowest BCUT2D eigenvalue weighted by molar-refractivity contribution is 0.414. The van der Waals surface area contributed by atoms with Crippen LogP contribution in [0.4, 0.5) is 5.82 Å². The number of aromatic amines is 1. The van der Waals surface area contributed by atoms with Crippen LogP contribution < -0.4 is 10.5 Å². The average molecular weight is 333 g/mol. The molecule has 0 saturated heterocycles. The molecule has 0 aliphatic heterocycles. The van der Waals surface area contributed by atoms with Crippen LogP contribution in [0.5, 0.6) is 5.75 Å². The number of rotatable bonds is 3. The number of ether oxygens (including phenoxy) is 1. The first kappa shape index (κ1) is 12.9. The predicted molar refractivity (Wildman–Crippen MR) is 81.8 cm³/mol. The number of pyridine rings is 1. The van der Waals surface area contributed by atoms with E-state index >= 15 is 0 Å². The molecule has 5 nitrogen and oxygen atoms in total. The molecule has 3 N–H and O–H groups in total. The number of halogens is 1. The lowest BCUT2D eigenvalue weighted by atomic mass is 10.0. The SMILES string of the molecule is COc1ccc(Cc2c(Br)cnc3[nH]nc(N)c23)cc1. The molecule has 6 heteroatoms. The van der Waals surface area contributed by atoms with Gasteiger partial charge in [-0.05, 0) is 45.6 Å². The lowest BCUT2D eigenvalue weighted by Crippen LogP contribution is -1.95. The third-order valence-electron chi connectivity index (χ3n) is 3.21. The summed E-state index contributed by atoms with van der Waals surface area (Å²) in [4.78, 5) is 4.27. The van der Waals surface area contributed by atoms with Gasteiger partial charge < -0.3 is 10.5 Å². The Morgan fingerprint density at radius 3 is 2.75 bits per heavy atom. The van der Waals surface area contributed by atoms with Crippen molar-refractivity contribution in [3.8, 4) is 5.75 Å². The van der Waals surface area contributed by atoms with E-state index in [-0.39, 0.29) is 0 Å². The number of methoxy groups -OCH3 is 1. The van der Waals surface area contributed by atoms with E-state index in [0.717, 1.165) is 27.6 Å². The van der Waals surface area contributed by atoms with Gasteiger partial charge in [0.1, 0.15) is 5.75 Å². The van der Waals surface area contributed by atoms with Crippen molar-refractivity contribution in [2.24, 2.45) is 0 Å². The van der Waals surface area contributed by atoms with E-state index in [1.54, 1.807) is 13.3 Å². The van der Waals surface area contributed by atoms with Crippen molar-refractivity contribution in [1.29, 1.82) is 0 Å². The highest BCUT2D eigenvalue weighted by Gasteiger charge is 2.13. The Kier molecular flexibility index (Phi) is 3.31. The third-order valence-corrected chi connectivity index (χ3v) is 3.90. The molecular weight excluding hydrogens is 320 g/mol. The van der Waals surface area contributed by atoms with Crippen LogP contribution in [0.15, 0.2) is 34.9 Å². The highest BCUT2D eigenvalue weighted by atomic mass is 79.9. The van der Waals surface area contributed by atoms with Crippen molar-refractivity contribution in [2.75, 3.05) is 12.8 Å². The molecule has 0 saturated carbocycles. The Bertz CT molecular complexity index is 752. The van der Waals surface area contributed by atoms with Crippen molar-refractivity contribution in [3.63, 3.8) is 0 Å². The van der Waals surface area contributed by atoms with E-state index in [1.165, 1.54) is 5.56 Å². The molecule has 102 valence electrons. The fraction of sp³-hybridized carbons (Fsp3) is 0.143. The molecule has 0 amide bonds. The zero-order chi connectivity index (χ0) is 14.1. The maximum Gasteiger partial charge on any atom is 0.157 e. The standard InChI is InChI=1S/C14H13BrN4O/c1-20-9-4-2-8(3-5-9)6-10-11(15)7-17-14-12(10)13(16)18-19-14/h2-5,7H,6H2,1H3,(H3,16,17,18,19). The van der Waals surface area contributed by atoms with E-state index in [2.05, 4.69) is 31.1 Å². The second-order valence-electron chi connectivity index (χ2n) is 4.44. The highest BCUT2D eigenvalue weighted by Crippen LogP contribution is 2.29. The highest BCUT2D eigenvalue weighted by molar-refractivity contribution is 9.10. The Balaban J connectivity index is 2.04. The van der Waals surface area contributed by atoms with Crippen molar-refractivity contribution in [3.05, 3.63) is 46.1 Å². The molecule has 0 aliphatic carbocycles. The van der Waals surface area contributed by atoms with Gasteiger partial charge in [0.15, 0.2) is 11.5 Å². The van der Waals surface area contributed by atoms with Crippen molar-refractivity contribution >= 4 is 32.8 Å². The summed E-state index contributed by atoms with van der Waals surface area (Å²) in [6.07, 6.45) is 2.51. The molecule has 1 aromatic carbocycles. The normalized spacial score (nSPS) is 10.9. The first-order valence-corrected chi connectivity index (χ1v) is 6.88. The summed E-state index contributed by atoms with van der Waals surface area (Å²) in [5.74, 6) is 1.31.